The van der Waals surface area contributed by atoms with Gasteiger partial charge in [0, 0.05) is 19.1 Å². The number of rotatable bonds is 1. The molecular weight excluding hydrogens is 228 g/mol. The topological polar surface area (TPSA) is 55.6 Å². The fourth-order valence-corrected chi connectivity index (χ4v) is 3.72. The molecule has 1 saturated carbocycles. The number of morpholine rings is 1. The molecule has 102 valence electrons. The Bertz CT molecular complexity index is 322. The van der Waals surface area contributed by atoms with E-state index in [1.54, 1.807) is 0 Å². The van der Waals surface area contributed by atoms with Crippen molar-refractivity contribution in [2.75, 3.05) is 13.1 Å². The molecule has 1 amide bonds. The molecular formula is C14H24N2O2. The summed E-state index contributed by atoms with van der Waals surface area (Å²) in [6.45, 7) is 3.80. The van der Waals surface area contributed by atoms with Crippen molar-refractivity contribution in [2.45, 2.75) is 57.3 Å². The van der Waals surface area contributed by atoms with Crippen LogP contribution in [0.3, 0.4) is 0 Å². The molecule has 2 saturated heterocycles. The Labute approximate surface area is 109 Å². The van der Waals surface area contributed by atoms with Gasteiger partial charge in [-0.1, -0.05) is 6.92 Å². The second kappa shape index (κ2) is 4.82. The van der Waals surface area contributed by atoms with E-state index < -0.39 is 0 Å². The first kappa shape index (κ1) is 12.4. The lowest BCUT2D eigenvalue weighted by molar-refractivity contribution is -0.146. The lowest BCUT2D eigenvalue weighted by Crippen LogP contribution is -2.52. The average molecular weight is 252 g/mol. The summed E-state index contributed by atoms with van der Waals surface area (Å²) in [4.78, 5) is 14.6. The molecule has 0 aromatic carbocycles. The first-order valence-corrected chi connectivity index (χ1v) is 7.33. The largest absolute Gasteiger partial charge is 0.371 e. The van der Waals surface area contributed by atoms with Crippen LogP contribution in [-0.4, -0.2) is 42.1 Å². The van der Waals surface area contributed by atoms with E-state index in [2.05, 4.69) is 6.92 Å². The van der Waals surface area contributed by atoms with Gasteiger partial charge in [-0.2, -0.15) is 0 Å². The van der Waals surface area contributed by atoms with Gasteiger partial charge < -0.3 is 15.4 Å². The van der Waals surface area contributed by atoms with E-state index in [4.69, 9.17) is 10.5 Å². The minimum absolute atomic E-state index is 0.0475. The maximum absolute atomic E-state index is 12.6. The maximum atomic E-state index is 12.6. The summed E-state index contributed by atoms with van der Waals surface area (Å²) in [5.41, 5.74) is 6.15. The van der Waals surface area contributed by atoms with Gasteiger partial charge in [-0.3, -0.25) is 4.79 Å². The number of carbonyl (C=O) groups is 1. The second-order valence-electron chi connectivity index (χ2n) is 6.39. The number of carbonyl (C=O) groups excluding carboxylic acids is 1. The van der Waals surface area contributed by atoms with Crippen LogP contribution in [0, 0.1) is 11.8 Å². The van der Waals surface area contributed by atoms with Crippen molar-refractivity contribution in [3.63, 3.8) is 0 Å². The predicted molar refractivity (Wildman–Crippen MR) is 69.0 cm³/mol. The van der Waals surface area contributed by atoms with Gasteiger partial charge >= 0.3 is 0 Å². The van der Waals surface area contributed by atoms with E-state index in [0.717, 1.165) is 38.8 Å². The molecule has 1 aliphatic carbocycles. The quantitative estimate of drug-likeness (QED) is 0.761. The molecule has 0 radical (unpaired) electrons. The lowest BCUT2D eigenvalue weighted by Gasteiger charge is -2.38. The molecule has 0 spiro atoms. The van der Waals surface area contributed by atoms with Gasteiger partial charge in [0.1, 0.15) is 0 Å². The second-order valence-corrected chi connectivity index (χ2v) is 6.39. The molecule has 5 atom stereocenters. The van der Waals surface area contributed by atoms with Crippen LogP contribution in [-0.2, 0) is 9.53 Å². The summed E-state index contributed by atoms with van der Waals surface area (Å²) in [5, 5.41) is 0. The van der Waals surface area contributed by atoms with E-state index in [-0.39, 0.29) is 30.1 Å². The average Bonchev–Trinajstić information content (AvgIpc) is 2.70. The van der Waals surface area contributed by atoms with Gasteiger partial charge in [0.15, 0.2) is 0 Å². The third kappa shape index (κ3) is 2.28. The number of ether oxygens (including phenoxy) is 1. The van der Waals surface area contributed by atoms with Crippen molar-refractivity contribution in [1.82, 2.24) is 4.90 Å². The number of amides is 1. The predicted octanol–water partition coefficient (Wildman–Crippen LogP) is 1.14. The smallest absolute Gasteiger partial charge is 0.227 e. The molecule has 2 bridgehead atoms. The van der Waals surface area contributed by atoms with Gasteiger partial charge in [-0.05, 0) is 38.0 Å². The van der Waals surface area contributed by atoms with Crippen LogP contribution in [0.5, 0.6) is 0 Å². The highest BCUT2D eigenvalue weighted by atomic mass is 16.5. The standard InChI is InChI=1S/C14H24N2O2/c1-9-2-5-13(15)12(6-9)14(17)16-7-10-3-4-11(8-16)18-10/h9-13H,2-8,15H2,1H3. The molecule has 3 fully saturated rings. The van der Waals surface area contributed by atoms with Crippen LogP contribution in [0.1, 0.15) is 39.0 Å². The number of hydrogen-bond acceptors (Lipinski definition) is 3. The number of nitrogens with two attached hydrogens (primary N) is 1. The van der Waals surface area contributed by atoms with Crippen LogP contribution in [0.25, 0.3) is 0 Å². The summed E-state index contributed by atoms with van der Waals surface area (Å²) in [5.74, 6) is 0.969. The Hall–Kier alpha value is -0.610. The number of nitrogens with zero attached hydrogens (tertiary/aromatic N) is 1. The first-order chi connectivity index (χ1) is 8.63. The highest BCUT2D eigenvalue weighted by Gasteiger charge is 2.40. The van der Waals surface area contributed by atoms with E-state index >= 15 is 0 Å². The van der Waals surface area contributed by atoms with Crippen molar-refractivity contribution in [1.29, 1.82) is 0 Å². The van der Waals surface area contributed by atoms with Crippen molar-refractivity contribution in [3.05, 3.63) is 0 Å². The van der Waals surface area contributed by atoms with Gasteiger partial charge in [-0.25, -0.2) is 0 Å². The normalized spacial score (nSPS) is 44.1. The van der Waals surface area contributed by atoms with E-state index in [9.17, 15) is 4.79 Å². The highest BCUT2D eigenvalue weighted by Crippen LogP contribution is 2.32. The number of hydrogen-bond donors (Lipinski definition) is 1. The Balaban J connectivity index is 1.66. The fourth-order valence-electron chi connectivity index (χ4n) is 3.72. The van der Waals surface area contributed by atoms with Crippen molar-refractivity contribution in [3.8, 4) is 0 Å². The summed E-state index contributed by atoms with van der Waals surface area (Å²) in [7, 11) is 0. The minimum Gasteiger partial charge on any atom is -0.371 e. The Morgan fingerprint density at radius 1 is 1.17 bits per heavy atom. The van der Waals surface area contributed by atoms with E-state index in [1.165, 1.54) is 6.42 Å². The third-order valence-corrected chi connectivity index (χ3v) is 4.84. The minimum atomic E-state index is 0.0475. The SMILES string of the molecule is CC1CCC(N)C(C(=O)N2CC3CCC(C2)O3)C1. The van der Waals surface area contributed by atoms with Crippen LogP contribution >= 0.6 is 0 Å². The summed E-state index contributed by atoms with van der Waals surface area (Å²) < 4.78 is 5.79. The van der Waals surface area contributed by atoms with Gasteiger partial charge in [0.2, 0.25) is 5.91 Å². The molecule has 0 aromatic heterocycles. The Kier molecular flexibility index (Phi) is 3.32. The van der Waals surface area contributed by atoms with Crippen molar-refractivity contribution >= 4 is 5.91 Å². The van der Waals surface area contributed by atoms with Crippen LogP contribution in [0.15, 0.2) is 0 Å². The lowest BCUT2D eigenvalue weighted by atomic mass is 9.78. The number of likely N-dealkylation sites (tertiary alicyclic amines) is 1. The molecule has 3 rings (SSSR count). The van der Waals surface area contributed by atoms with E-state index in [1.807, 2.05) is 4.90 Å². The molecule has 5 unspecified atom stereocenters. The highest BCUT2D eigenvalue weighted by molar-refractivity contribution is 5.80. The first-order valence-electron chi connectivity index (χ1n) is 7.33. The Morgan fingerprint density at radius 3 is 2.50 bits per heavy atom. The van der Waals surface area contributed by atoms with E-state index in [0.29, 0.717) is 5.92 Å². The molecule has 2 aliphatic heterocycles. The zero-order valence-electron chi connectivity index (χ0n) is 11.2. The van der Waals surface area contributed by atoms with Crippen LogP contribution in [0.4, 0.5) is 0 Å². The summed E-state index contributed by atoms with van der Waals surface area (Å²) in [6, 6.07) is 0.0641. The Morgan fingerprint density at radius 2 is 1.83 bits per heavy atom. The molecule has 4 heteroatoms. The summed E-state index contributed by atoms with van der Waals surface area (Å²) >= 11 is 0. The monoisotopic (exact) mass is 252 g/mol. The fraction of sp³-hybridized carbons (Fsp3) is 0.929. The molecule has 0 aromatic rings. The van der Waals surface area contributed by atoms with Gasteiger partial charge in [0.05, 0.1) is 18.1 Å². The molecule has 18 heavy (non-hydrogen) atoms. The van der Waals surface area contributed by atoms with Crippen molar-refractivity contribution < 1.29 is 9.53 Å². The third-order valence-electron chi connectivity index (χ3n) is 4.84. The van der Waals surface area contributed by atoms with Gasteiger partial charge in [0.25, 0.3) is 0 Å². The molecule has 4 nitrogen and oxygen atoms in total. The van der Waals surface area contributed by atoms with Crippen molar-refractivity contribution in [2.24, 2.45) is 17.6 Å². The maximum Gasteiger partial charge on any atom is 0.227 e. The zero-order valence-corrected chi connectivity index (χ0v) is 11.2. The molecule has 3 aliphatic rings. The molecule has 2 N–H and O–H groups in total. The molecule has 2 heterocycles. The zero-order chi connectivity index (χ0) is 12.7. The van der Waals surface area contributed by atoms with Crippen LogP contribution < -0.4 is 5.73 Å². The van der Waals surface area contributed by atoms with Crippen LogP contribution in [0.2, 0.25) is 0 Å². The number of fused-ring (bicyclic) bond motifs is 2. The summed E-state index contributed by atoms with van der Waals surface area (Å²) in [6.07, 6.45) is 5.92. The van der Waals surface area contributed by atoms with Gasteiger partial charge in [-0.15, -0.1) is 0 Å².